The SMILES string of the molecule is CC1CCCCC1CNC(=O)COc1ccccc1C#N. The minimum atomic E-state index is -0.125. The van der Waals surface area contributed by atoms with E-state index >= 15 is 0 Å². The molecule has 1 amide bonds. The number of para-hydroxylation sites is 1. The third-order valence-electron chi connectivity index (χ3n) is 4.22. The largest absolute Gasteiger partial charge is 0.482 e. The van der Waals surface area contributed by atoms with Gasteiger partial charge in [-0.1, -0.05) is 38.3 Å². The second-order valence-corrected chi connectivity index (χ2v) is 5.72. The van der Waals surface area contributed by atoms with Crippen molar-refractivity contribution in [3.8, 4) is 11.8 Å². The number of hydrogen-bond donors (Lipinski definition) is 1. The first-order valence-electron chi connectivity index (χ1n) is 7.59. The zero-order valence-corrected chi connectivity index (χ0v) is 12.5. The predicted molar refractivity (Wildman–Crippen MR) is 80.8 cm³/mol. The highest BCUT2D eigenvalue weighted by molar-refractivity contribution is 5.77. The molecule has 4 nitrogen and oxygen atoms in total. The first kappa shape index (κ1) is 15.4. The zero-order chi connectivity index (χ0) is 15.1. The van der Waals surface area contributed by atoms with Crippen LogP contribution in [-0.2, 0) is 4.79 Å². The summed E-state index contributed by atoms with van der Waals surface area (Å²) in [6.07, 6.45) is 5.02. The molecule has 1 fully saturated rings. The molecule has 0 saturated heterocycles. The molecule has 2 atom stereocenters. The van der Waals surface area contributed by atoms with E-state index in [0.29, 0.717) is 23.1 Å². The van der Waals surface area contributed by atoms with E-state index in [2.05, 4.69) is 18.3 Å². The second-order valence-electron chi connectivity index (χ2n) is 5.72. The standard InChI is InChI=1S/C17H22N2O2/c1-13-6-2-3-8-15(13)11-19-17(20)12-21-16-9-5-4-7-14(16)10-18/h4-5,7,9,13,15H,2-3,6,8,11-12H2,1H3,(H,19,20). The van der Waals surface area contributed by atoms with Gasteiger partial charge in [0.25, 0.3) is 5.91 Å². The third-order valence-corrected chi connectivity index (χ3v) is 4.22. The Balaban J connectivity index is 1.76. The van der Waals surface area contributed by atoms with Crippen LogP contribution in [0.1, 0.15) is 38.2 Å². The van der Waals surface area contributed by atoms with E-state index in [9.17, 15) is 4.79 Å². The Morgan fingerprint density at radius 3 is 2.90 bits per heavy atom. The van der Waals surface area contributed by atoms with Gasteiger partial charge in [0.15, 0.2) is 6.61 Å². The lowest BCUT2D eigenvalue weighted by Crippen LogP contribution is -2.36. The summed E-state index contributed by atoms with van der Waals surface area (Å²) in [6.45, 7) is 2.94. The van der Waals surface area contributed by atoms with Crippen molar-refractivity contribution in [3.63, 3.8) is 0 Å². The molecule has 1 aromatic carbocycles. The first-order valence-corrected chi connectivity index (χ1v) is 7.59. The normalized spacial score (nSPS) is 21.3. The van der Waals surface area contributed by atoms with Gasteiger partial charge in [-0.2, -0.15) is 5.26 Å². The number of benzene rings is 1. The first-order chi connectivity index (χ1) is 10.2. The quantitative estimate of drug-likeness (QED) is 0.905. The fraction of sp³-hybridized carbons (Fsp3) is 0.529. The summed E-state index contributed by atoms with van der Waals surface area (Å²) >= 11 is 0. The lowest BCUT2D eigenvalue weighted by Gasteiger charge is -2.28. The molecule has 0 bridgehead atoms. The number of nitrogens with zero attached hydrogens (tertiary/aromatic N) is 1. The van der Waals surface area contributed by atoms with Crippen molar-refractivity contribution >= 4 is 5.91 Å². The van der Waals surface area contributed by atoms with Crippen LogP contribution in [0.3, 0.4) is 0 Å². The van der Waals surface area contributed by atoms with Gasteiger partial charge in [0.05, 0.1) is 5.56 Å². The van der Waals surface area contributed by atoms with E-state index in [4.69, 9.17) is 10.00 Å². The van der Waals surface area contributed by atoms with E-state index in [1.165, 1.54) is 25.7 Å². The van der Waals surface area contributed by atoms with Gasteiger partial charge in [-0.15, -0.1) is 0 Å². The zero-order valence-electron chi connectivity index (χ0n) is 12.5. The van der Waals surface area contributed by atoms with E-state index < -0.39 is 0 Å². The fourth-order valence-corrected chi connectivity index (χ4v) is 2.82. The number of nitrogens with one attached hydrogen (secondary N) is 1. The predicted octanol–water partition coefficient (Wildman–Crippen LogP) is 2.88. The van der Waals surface area contributed by atoms with Gasteiger partial charge in [-0.05, 0) is 30.4 Å². The van der Waals surface area contributed by atoms with E-state index in [-0.39, 0.29) is 12.5 Å². The van der Waals surface area contributed by atoms with Crippen LogP contribution in [0.25, 0.3) is 0 Å². The average Bonchev–Trinajstić information content (AvgIpc) is 2.52. The van der Waals surface area contributed by atoms with Crippen molar-refractivity contribution in [1.29, 1.82) is 5.26 Å². The molecule has 1 N–H and O–H groups in total. The number of amides is 1. The molecule has 1 saturated carbocycles. The number of carbonyl (C=O) groups excluding carboxylic acids is 1. The molecule has 1 aliphatic carbocycles. The maximum atomic E-state index is 11.8. The van der Waals surface area contributed by atoms with E-state index in [1.54, 1.807) is 24.3 Å². The van der Waals surface area contributed by atoms with Crippen LogP contribution in [0.5, 0.6) is 5.75 Å². The summed E-state index contributed by atoms with van der Waals surface area (Å²) in [4.78, 5) is 11.8. The molecule has 0 heterocycles. The molecule has 0 aromatic heterocycles. The number of rotatable bonds is 5. The number of carbonyl (C=O) groups is 1. The topological polar surface area (TPSA) is 62.1 Å². The van der Waals surface area contributed by atoms with Gasteiger partial charge in [0.2, 0.25) is 0 Å². The van der Waals surface area contributed by atoms with Crippen LogP contribution < -0.4 is 10.1 Å². The summed E-state index contributed by atoms with van der Waals surface area (Å²) in [5, 5.41) is 11.9. The third kappa shape index (κ3) is 4.49. The van der Waals surface area contributed by atoms with Gasteiger partial charge in [0.1, 0.15) is 11.8 Å². The molecule has 0 aliphatic heterocycles. The molecule has 4 heteroatoms. The Hall–Kier alpha value is -2.02. The molecule has 21 heavy (non-hydrogen) atoms. The van der Waals surface area contributed by atoms with Gasteiger partial charge >= 0.3 is 0 Å². The molecule has 0 radical (unpaired) electrons. The summed E-state index contributed by atoms with van der Waals surface area (Å²) < 4.78 is 5.42. The van der Waals surface area contributed by atoms with Gasteiger partial charge < -0.3 is 10.1 Å². The summed E-state index contributed by atoms with van der Waals surface area (Å²) in [5.74, 6) is 1.59. The minimum Gasteiger partial charge on any atom is -0.482 e. The Morgan fingerprint density at radius 2 is 2.14 bits per heavy atom. The highest BCUT2D eigenvalue weighted by Crippen LogP contribution is 2.28. The Morgan fingerprint density at radius 1 is 1.38 bits per heavy atom. The van der Waals surface area contributed by atoms with Crippen molar-refractivity contribution in [2.75, 3.05) is 13.2 Å². The van der Waals surface area contributed by atoms with Crippen LogP contribution in [0.15, 0.2) is 24.3 Å². The van der Waals surface area contributed by atoms with Gasteiger partial charge in [0, 0.05) is 6.54 Å². The molecule has 1 aromatic rings. The van der Waals surface area contributed by atoms with Crippen molar-refractivity contribution in [3.05, 3.63) is 29.8 Å². The molecule has 2 unspecified atom stereocenters. The highest BCUT2D eigenvalue weighted by Gasteiger charge is 2.21. The fourth-order valence-electron chi connectivity index (χ4n) is 2.82. The Bertz CT molecular complexity index is 522. The number of hydrogen-bond acceptors (Lipinski definition) is 3. The lowest BCUT2D eigenvalue weighted by molar-refractivity contribution is -0.123. The van der Waals surface area contributed by atoms with Crippen LogP contribution in [0.4, 0.5) is 0 Å². The number of nitriles is 1. The Kier molecular flexibility index (Phi) is 5.62. The monoisotopic (exact) mass is 286 g/mol. The van der Waals surface area contributed by atoms with Crippen molar-refractivity contribution < 1.29 is 9.53 Å². The summed E-state index contributed by atoms with van der Waals surface area (Å²) in [5.41, 5.74) is 0.450. The smallest absolute Gasteiger partial charge is 0.257 e. The van der Waals surface area contributed by atoms with Crippen molar-refractivity contribution in [2.24, 2.45) is 11.8 Å². The molecule has 2 rings (SSSR count). The summed E-state index contributed by atoms with van der Waals surface area (Å²) in [6, 6.07) is 9.00. The maximum Gasteiger partial charge on any atom is 0.257 e. The maximum absolute atomic E-state index is 11.8. The molecule has 1 aliphatic rings. The highest BCUT2D eigenvalue weighted by atomic mass is 16.5. The van der Waals surface area contributed by atoms with Gasteiger partial charge in [-0.3, -0.25) is 4.79 Å². The summed E-state index contributed by atoms with van der Waals surface area (Å²) in [7, 11) is 0. The van der Waals surface area contributed by atoms with Crippen molar-refractivity contribution in [2.45, 2.75) is 32.6 Å². The Labute approximate surface area is 126 Å². The van der Waals surface area contributed by atoms with Crippen LogP contribution in [-0.4, -0.2) is 19.1 Å². The molecule has 0 spiro atoms. The van der Waals surface area contributed by atoms with E-state index in [1.807, 2.05) is 0 Å². The van der Waals surface area contributed by atoms with Crippen LogP contribution in [0, 0.1) is 23.2 Å². The molecular weight excluding hydrogens is 264 g/mol. The lowest BCUT2D eigenvalue weighted by atomic mass is 9.80. The molecular formula is C17H22N2O2. The van der Waals surface area contributed by atoms with Gasteiger partial charge in [-0.25, -0.2) is 0 Å². The average molecular weight is 286 g/mol. The van der Waals surface area contributed by atoms with Crippen LogP contribution >= 0.6 is 0 Å². The van der Waals surface area contributed by atoms with E-state index in [0.717, 1.165) is 6.54 Å². The second kappa shape index (κ2) is 7.68. The number of ether oxygens (including phenoxy) is 1. The van der Waals surface area contributed by atoms with Crippen LogP contribution in [0.2, 0.25) is 0 Å². The minimum absolute atomic E-state index is 0.0419. The molecule has 112 valence electrons. The van der Waals surface area contributed by atoms with Crippen molar-refractivity contribution in [1.82, 2.24) is 5.32 Å².